The van der Waals surface area contributed by atoms with Crippen LogP contribution in [0.25, 0.3) is 0 Å². The van der Waals surface area contributed by atoms with Gasteiger partial charge in [0.2, 0.25) is 11.8 Å². The monoisotopic (exact) mass is 348 g/mol. The Labute approximate surface area is 147 Å². The van der Waals surface area contributed by atoms with Crippen molar-refractivity contribution in [3.63, 3.8) is 0 Å². The number of rotatable bonds is 3. The maximum Gasteiger partial charge on any atom is 0.225 e. The van der Waals surface area contributed by atoms with Gasteiger partial charge in [0.05, 0.1) is 18.6 Å². The highest BCUT2D eigenvalue weighted by Crippen LogP contribution is 2.32. The number of nitrogens with zero attached hydrogens (tertiary/aromatic N) is 2. The average Bonchev–Trinajstić information content (AvgIpc) is 2.74. The average molecular weight is 348 g/mol. The van der Waals surface area contributed by atoms with Crippen molar-refractivity contribution in [3.8, 4) is 0 Å². The lowest BCUT2D eigenvalue weighted by Gasteiger charge is -2.40. The second kappa shape index (κ2) is 7.52. The van der Waals surface area contributed by atoms with Crippen molar-refractivity contribution in [1.29, 1.82) is 0 Å². The summed E-state index contributed by atoms with van der Waals surface area (Å²) in [6.07, 6.45) is 2.46. The predicted octanol–water partition coefficient (Wildman–Crippen LogP) is 2.00. The Morgan fingerprint density at radius 2 is 1.96 bits per heavy atom. The summed E-state index contributed by atoms with van der Waals surface area (Å²) in [7, 11) is 1.80. The molecule has 3 rings (SSSR count). The molecule has 0 saturated carbocycles. The van der Waals surface area contributed by atoms with E-state index in [2.05, 4.69) is 0 Å². The lowest BCUT2D eigenvalue weighted by atomic mass is 9.87. The first-order chi connectivity index (χ1) is 12.0. The largest absolute Gasteiger partial charge is 0.372 e. The van der Waals surface area contributed by atoms with E-state index in [9.17, 15) is 14.0 Å². The van der Waals surface area contributed by atoms with Gasteiger partial charge in [-0.05, 0) is 30.9 Å². The van der Waals surface area contributed by atoms with Crippen LogP contribution in [0.15, 0.2) is 24.3 Å². The standard InChI is InChI=1S/C19H25FN2O3/c1-21-12-13-25-19(14-18(21)24)8-10-22(11-9-19)17(23)7-6-15-4-2-3-5-16(15)20/h2-5H,6-14H2,1H3. The zero-order chi connectivity index (χ0) is 17.9. The van der Waals surface area contributed by atoms with Crippen molar-refractivity contribution >= 4 is 11.8 Å². The fourth-order valence-electron chi connectivity index (χ4n) is 3.57. The SMILES string of the molecule is CN1CCOC2(CCN(C(=O)CCc3ccccc3F)CC2)CC1=O. The van der Waals surface area contributed by atoms with E-state index in [0.29, 0.717) is 63.9 Å². The van der Waals surface area contributed by atoms with Gasteiger partial charge in [0.1, 0.15) is 5.82 Å². The Morgan fingerprint density at radius 3 is 2.68 bits per heavy atom. The Balaban J connectivity index is 1.52. The number of benzene rings is 1. The molecule has 0 N–H and O–H groups in total. The van der Waals surface area contributed by atoms with Crippen LogP contribution in [0.3, 0.4) is 0 Å². The topological polar surface area (TPSA) is 49.9 Å². The van der Waals surface area contributed by atoms with Gasteiger partial charge in [-0.25, -0.2) is 4.39 Å². The van der Waals surface area contributed by atoms with Crippen LogP contribution in [-0.2, 0) is 20.7 Å². The molecule has 2 aliphatic heterocycles. The zero-order valence-electron chi connectivity index (χ0n) is 14.7. The van der Waals surface area contributed by atoms with Gasteiger partial charge < -0.3 is 14.5 Å². The van der Waals surface area contributed by atoms with Gasteiger partial charge in [-0.1, -0.05) is 18.2 Å². The molecule has 136 valence electrons. The molecule has 1 aromatic rings. The predicted molar refractivity (Wildman–Crippen MR) is 91.5 cm³/mol. The molecule has 5 nitrogen and oxygen atoms in total. The van der Waals surface area contributed by atoms with Crippen LogP contribution >= 0.6 is 0 Å². The second-order valence-corrected chi connectivity index (χ2v) is 7.00. The number of ether oxygens (including phenoxy) is 1. The number of piperidine rings is 1. The summed E-state index contributed by atoms with van der Waals surface area (Å²) in [6, 6.07) is 6.57. The number of aryl methyl sites for hydroxylation is 1. The van der Waals surface area contributed by atoms with Crippen molar-refractivity contribution in [2.24, 2.45) is 0 Å². The van der Waals surface area contributed by atoms with Gasteiger partial charge in [-0.3, -0.25) is 9.59 Å². The molecule has 0 atom stereocenters. The van der Waals surface area contributed by atoms with E-state index < -0.39 is 5.60 Å². The van der Waals surface area contributed by atoms with Crippen LogP contribution < -0.4 is 0 Å². The third-order valence-electron chi connectivity index (χ3n) is 5.33. The quantitative estimate of drug-likeness (QED) is 0.839. The van der Waals surface area contributed by atoms with E-state index in [4.69, 9.17) is 4.74 Å². The fraction of sp³-hybridized carbons (Fsp3) is 0.579. The minimum Gasteiger partial charge on any atom is -0.372 e. The molecule has 2 amide bonds. The molecule has 0 unspecified atom stereocenters. The van der Waals surface area contributed by atoms with E-state index in [1.807, 2.05) is 4.90 Å². The van der Waals surface area contributed by atoms with Crippen LogP contribution in [0.5, 0.6) is 0 Å². The van der Waals surface area contributed by atoms with Gasteiger partial charge >= 0.3 is 0 Å². The molecule has 0 aromatic heterocycles. The second-order valence-electron chi connectivity index (χ2n) is 7.00. The summed E-state index contributed by atoms with van der Waals surface area (Å²) in [5.74, 6) is -0.116. The molecule has 2 heterocycles. The smallest absolute Gasteiger partial charge is 0.225 e. The molecule has 0 bridgehead atoms. The number of carbonyl (C=O) groups excluding carboxylic acids is 2. The fourth-order valence-corrected chi connectivity index (χ4v) is 3.57. The van der Waals surface area contributed by atoms with Gasteiger partial charge in [0, 0.05) is 33.1 Å². The number of likely N-dealkylation sites (N-methyl/N-ethyl adjacent to an activating group) is 1. The molecule has 1 aromatic carbocycles. The van der Waals surface area contributed by atoms with E-state index >= 15 is 0 Å². The van der Waals surface area contributed by atoms with Crippen molar-refractivity contribution in [2.75, 3.05) is 33.3 Å². The summed E-state index contributed by atoms with van der Waals surface area (Å²) in [6.45, 7) is 2.34. The number of amides is 2. The number of halogens is 1. The molecule has 2 aliphatic rings. The zero-order valence-corrected chi connectivity index (χ0v) is 14.7. The van der Waals surface area contributed by atoms with Gasteiger partial charge in [0.25, 0.3) is 0 Å². The van der Waals surface area contributed by atoms with Crippen molar-refractivity contribution in [3.05, 3.63) is 35.6 Å². The first-order valence-electron chi connectivity index (χ1n) is 8.88. The molecule has 0 radical (unpaired) electrons. The third kappa shape index (κ3) is 4.18. The van der Waals surface area contributed by atoms with E-state index in [1.165, 1.54) is 6.07 Å². The molecule has 6 heteroatoms. The van der Waals surface area contributed by atoms with Gasteiger partial charge in [0.15, 0.2) is 0 Å². The molecule has 2 fully saturated rings. The lowest BCUT2D eigenvalue weighted by molar-refractivity contribution is -0.141. The van der Waals surface area contributed by atoms with Crippen LogP contribution in [0.4, 0.5) is 4.39 Å². The van der Waals surface area contributed by atoms with Gasteiger partial charge in [-0.15, -0.1) is 0 Å². The summed E-state index contributed by atoms with van der Waals surface area (Å²) >= 11 is 0. The maximum atomic E-state index is 13.7. The summed E-state index contributed by atoms with van der Waals surface area (Å²) < 4.78 is 19.6. The van der Waals surface area contributed by atoms with Crippen LogP contribution in [0.1, 0.15) is 31.2 Å². The Bertz CT molecular complexity index is 641. The van der Waals surface area contributed by atoms with E-state index in [1.54, 1.807) is 30.1 Å². The highest BCUT2D eigenvalue weighted by molar-refractivity contribution is 5.78. The lowest BCUT2D eigenvalue weighted by Crippen LogP contribution is -2.49. The number of hydrogen-bond donors (Lipinski definition) is 0. The van der Waals surface area contributed by atoms with E-state index in [-0.39, 0.29) is 17.6 Å². The van der Waals surface area contributed by atoms with Crippen LogP contribution in [-0.4, -0.2) is 60.5 Å². The Kier molecular flexibility index (Phi) is 5.37. The molecule has 25 heavy (non-hydrogen) atoms. The number of likely N-dealkylation sites (tertiary alicyclic amines) is 1. The van der Waals surface area contributed by atoms with E-state index in [0.717, 1.165) is 0 Å². The van der Waals surface area contributed by atoms with Crippen LogP contribution in [0, 0.1) is 5.82 Å². The summed E-state index contributed by atoms with van der Waals surface area (Å²) in [5, 5.41) is 0. The van der Waals surface area contributed by atoms with Crippen LogP contribution in [0.2, 0.25) is 0 Å². The minimum atomic E-state index is -0.426. The molecule has 2 saturated heterocycles. The maximum absolute atomic E-state index is 13.7. The van der Waals surface area contributed by atoms with Crippen molar-refractivity contribution in [2.45, 2.75) is 37.7 Å². The minimum absolute atomic E-state index is 0.0372. The first kappa shape index (κ1) is 17.9. The third-order valence-corrected chi connectivity index (χ3v) is 5.33. The number of carbonyl (C=O) groups is 2. The van der Waals surface area contributed by atoms with Gasteiger partial charge in [-0.2, -0.15) is 0 Å². The molecule has 1 spiro atoms. The highest BCUT2D eigenvalue weighted by Gasteiger charge is 2.40. The van der Waals surface area contributed by atoms with Crippen molar-refractivity contribution in [1.82, 2.24) is 9.80 Å². The Hall–Kier alpha value is -1.95. The molecular weight excluding hydrogens is 323 g/mol. The number of hydrogen-bond acceptors (Lipinski definition) is 3. The highest BCUT2D eigenvalue weighted by atomic mass is 19.1. The first-order valence-corrected chi connectivity index (χ1v) is 8.88. The Morgan fingerprint density at radius 1 is 1.24 bits per heavy atom. The summed E-state index contributed by atoms with van der Waals surface area (Å²) in [4.78, 5) is 28.1. The summed E-state index contributed by atoms with van der Waals surface area (Å²) in [5.41, 5.74) is 0.148. The normalized spacial score (nSPS) is 20.6. The van der Waals surface area contributed by atoms with Crippen molar-refractivity contribution < 1.29 is 18.7 Å². The molecular formula is C19H25FN2O3. The molecule has 0 aliphatic carbocycles.